The summed E-state index contributed by atoms with van der Waals surface area (Å²) >= 11 is 0. The molecule has 0 atom stereocenters. The maximum absolute atomic E-state index is 8.63. The molecular formula is C14H20N2. The van der Waals surface area contributed by atoms with E-state index in [0.717, 1.165) is 13.1 Å². The first kappa shape index (κ1) is 12.7. The van der Waals surface area contributed by atoms with Gasteiger partial charge in [-0.05, 0) is 26.3 Å². The van der Waals surface area contributed by atoms with Gasteiger partial charge in [-0.3, -0.25) is 4.90 Å². The quantitative estimate of drug-likeness (QED) is 0.756. The molecule has 0 bridgehead atoms. The fourth-order valence-corrected chi connectivity index (χ4v) is 1.76. The molecule has 0 saturated carbocycles. The van der Waals surface area contributed by atoms with Crippen molar-refractivity contribution in [3.05, 3.63) is 35.4 Å². The van der Waals surface area contributed by atoms with Crippen LogP contribution in [0.3, 0.4) is 0 Å². The smallest absolute Gasteiger partial charge is 0.0635 e. The summed E-state index contributed by atoms with van der Waals surface area (Å²) in [6, 6.07) is 11.2. The lowest BCUT2D eigenvalue weighted by Gasteiger charge is -2.25. The Labute approximate surface area is 98.5 Å². The number of nitriles is 1. The third-order valence-corrected chi connectivity index (χ3v) is 2.71. The van der Waals surface area contributed by atoms with Crippen molar-refractivity contribution in [2.75, 3.05) is 6.54 Å². The predicted octanol–water partition coefficient (Wildman–Crippen LogP) is 3.12. The lowest BCUT2D eigenvalue weighted by Crippen LogP contribution is -2.31. The standard InChI is InChI=1S/C14H20N2/c1-12(2)16(9-5-8-15)11-14-7-4-6-13(3)10-14/h4,6-7,10,12H,5,9,11H2,1-3H3. The monoisotopic (exact) mass is 216 g/mol. The van der Waals surface area contributed by atoms with Crippen molar-refractivity contribution in [3.63, 3.8) is 0 Å². The first-order valence-corrected chi connectivity index (χ1v) is 5.80. The molecule has 0 aliphatic carbocycles. The third-order valence-electron chi connectivity index (χ3n) is 2.71. The Hall–Kier alpha value is -1.33. The lowest BCUT2D eigenvalue weighted by molar-refractivity contribution is 0.218. The zero-order chi connectivity index (χ0) is 12.0. The number of rotatable bonds is 5. The summed E-state index contributed by atoms with van der Waals surface area (Å²) in [7, 11) is 0. The molecule has 86 valence electrons. The van der Waals surface area contributed by atoms with E-state index in [2.05, 4.69) is 56.0 Å². The molecule has 1 aromatic carbocycles. The summed E-state index contributed by atoms with van der Waals surface area (Å²) in [4.78, 5) is 2.33. The molecule has 2 nitrogen and oxygen atoms in total. The van der Waals surface area contributed by atoms with Crippen molar-refractivity contribution in [1.29, 1.82) is 5.26 Å². The molecule has 0 N–H and O–H groups in total. The minimum Gasteiger partial charge on any atom is -0.296 e. The molecule has 1 aromatic rings. The molecule has 0 spiro atoms. The van der Waals surface area contributed by atoms with Gasteiger partial charge in [0.2, 0.25) is 0 Å². The van der Waals surface area contributed by atoms with Crippen molar-refractivity contribution in [2.24, 2.45) is 0 Å². The molecule has 0 aliphatic rings. The Morgan fingerprint density at radius 2 is 2.12 bits per heavy atom. The molecule has 16 heavy (non-hydrogen) atoms. The SMILES string of the molecule is Cc1cccc(CN(CCC#N)C(C)C)c1. The van der Waals surface area contributed by atoms with Crippen LogP contribution in [0.25, 0.3) is 0 Å². The van der Waals surface area contributed by atoms with Crippen LogP contribution in [0.5, 0.6) is 0 Å². The second kappa shape index (κ2) is 6.30. The molecule has 0 aliphatic heterocycles. The van der Waals surface area contributed by atoms with Crippen LogP contribution >= 0.6 is 0 Å². The molecular weight excluding hydrogens is 196 g/mol. The summed E-state index contributed by atoms with van der Waals surface area (Å²) in [5.74, 6) is 0. The second-order valence-corrected chi connectivity index (χ2v) is 4.46. The van der Waals surface area contributed by atoms with E-state index >= 15 is 0 Å². The molecule has 0 radical (unpaired) electrons. The Bertz CT molecular complexity index is 363. The average Bonchev–Trinajstić information content (AvgIpc) is 2.24. The summed E-state index contributed by atoms with van der Waals surface area (Å²) in [5, 5.41) is 8.63. The van der Waals surface area contributed by atoms with E-state index in [1.54, 1.807) is 0 Å². The molecule has 0 unspecified atom stereocenters. The highest BCUT2D eigenvalue weighted by Crippen LogP contribution is 2.10. The Balaban J connectivity index is 2.64. The van der Waals surface area contributed by atoms with Crippen molar-refractivity contribution in [3.8, 4) is 6.07 Å². The predicted molar refractivity (Wildman–Crippen MR) is 67.0 cm³/mol. The summed E-state index contributed by atoms with van der Waals surface area (Å²) < 4.78 is 0. The number of hydrogen-bond acceptors (Lipinski definition) is 2. The van der Waals surface area contributed by atoms with Gasteiger partial charge in [-0.1, -0.05) is 29.8 Å². The zero-order valence-electron chi connectivity index (χ0n) is 10.4. The van der Waals surface area contributed by atoms with Crippen LogP contribution in [-0.2, 0) is 6.54 Å². The minimum absolute atomic E-state index is 0.480. The fourth-order valence-electron chi connectivity index (χ4n) is 1.76. The maximum Gasteiger partial charge on any atom is 0.0635 e. The summed E-state index contributed by atoms with van der Waals surface area (Å²) in [6.45, 7) is 8.24. The molecule has 0 saturated heterocycles. The van der Waals surface area contributed by atoms with E-state index < -0.39 is 0 Å². The highest BCUT2D eigenvalue weighted by Gasteiger charge is 2.09. The van der Waals surface area contributed by atoms with E-state index in [9.17, 15) is 0 Å². The Morgan fingerprint density at radius 3 is 2.69 bits per heavy atom. The number of hydrogen-bond donors (Lipinski definition) is 0. The van der Waals surface area contributed by atoms with Crippen LogP contribution < -0.4 is 0 Å². The normalized spacial score (nSPS) is 10.8. The van der Waals surface area contributed by atoms with Crippen LogP contribution in [0.1, 0.15) is 31.4 Å². The van der Waals surface area contributed by atoms with Crippen LogP contribution in [0.15, 0.2) is 24.3 Å². The van der Waals surface area contributed by atoms with Gasteiger partial charge >= 0.3 is 0 Å². The molecule has 0 heterocycles. The zero-order valence-corrected chi connectivity index (χ0v) is 10.4. The van der Waals surface area contributed by atoms with Gasteiger partial charge in [0.1, 0.15) is 0 Å². The third kappa shape index (κ3) is 4.04. The highest BCUT2D eigenvalue weighted by molar-refractivity contribution is 5.22. The number of nitrogens with zero attached hydrogens (tertiary/aromatic N) is 2. The average molecular weight is 216 g/mol. The minimum atomic E-state index is 0.480. The molecule has 0 aromatic heterocycles. The topological polar surface area (TPSA) is 27.0 Å². The molecule has 0 fully saturated rings. The summed E-state index contributed by atoms with van der Waals surface area (Å²) in [5.41, 5.74) is 2.62. The summed E-state index contributed by atoms with van der Waals surface area (Å²) in [6.07, 6.45) is 0.601. The molecule has 2 heteroatoms. The van der Waals surface area contributed by atoms with Gasteiger partial charge in [-0.2, -0.15) is 5.26 Å². The van der Waals surface area contributed by atoms with E-state index in [-0.39, 0.29) is 0 Å². The molecule has 0 amide bonds. The van der Waals surface area contributed by atoms with Gasteiger partial charge in [0, 0.05) is 25.6 Å². The van der Waals surface area contributed by atoms with Crippen LogP contribution in [-0.4, -0.2) is 17.5 Å². The van der Waals surface area contributed by atoms with Crippen molar-refractivity contribution in [2.45, 2.75) is 39.8 Å². The van der Waals surface area contributed by atoms with Crippen molar-refractivity contribution >= 4 is 0 Å². The van der Waals surface area contributed by atoms with Crippen LogP contribution in [0, 0.1) is 18.3 Å². The van der Waals surface area contributed by atoms with Gasteiger partial charge in [-0.25, -0.2) is 0 Å². The Morgan fingerprint density at radius 1 is 1.38 bits per heavy atom. The van der Waals surface area contributed by atoms with E-state index in [1.165, 1.54) is 11.1 Å². The van der Waals surface area contributed by atoms with Crippen molar-refractivity contribution in [1.82, 2.24) is 4.90 Å². The van der Waals surface area contributed by atoms with Crippen molar-refractivity contribution < 1.29 is 0 Å². The first-order valence-electron chi connectivity index (χ1n) is 5.80. The van der Waals surface area contributed by atoms with Gasteiger partial charge in [0.25, 0.3) is 0 Å². The highest BCUT2D eigenvalue weighted by atomic mass is 15.1. The molecule has 1 rings (SSSR count). The first-order chi connectivity index (χ1) is 7.63. The largest absolute Gasteiger partial charge is 0.296 e. The Kier molecular flexibility index (Phi) is 5.01. The van der Waals surface area contributed by atoms with Crippen LogP contribution in [0.2, 0.25) is 0 Å². The lowest BCUT2D eigenvalue weighted by atomic mass is 10.1. The second-order valence-electron chi connectivity index (χ2n) is 4.46. The van der Waals surface area contributed by atoms with E-state index in [1.807, 2.05) is 0 Å². The van der Waals surface area contributed by atoms with Crippen LogP contribution in [0.4, 0.5) is 0 Å². The van der Waals surface area contributed by atoms with Gasteiger partial charge in [0.15, 0.2) is 0 Å². The fraction of sp³-hybridized carbons (Fsp3) is 0.500. The number of aryl methyl sites for hydroxylation is 1. The van der Waals surface area contributed by atoms with Gasteiger partial charge < -0.3 is 0 Å². The van der Waals surface area contributed by atoms with Gasteiger partial charge in [-0.15, -0.1) is 0 Å². The van der Waals surface area contributed by atoms with Gasteiger partial charge in [0.05, 0.1) is 6.07 Å². The number of benzene rings is 1. The van der Waals surface area contributed by atoms with E-state index in [0.29, 0.717) is 12.5 Å². The van der Waals surface area contributed by atoms with E-state index in [4.69, 9.17) is 5.26 Å². The maximum atomic E-state index is 8.63.